The molecule has 0 saturated heterocycles. The van der Waals surface area contributed by atoms with E-state index in [1.54, 1.807) is 13.3 Å². The Hall–Kier alpha value is -2.36. The molecule has 0 aliphatic heterocycles. The molecule has 0 unspecified atom stereocenters. The van der Waals surface area contributed by atoms with Gasteiger partial charge in [-0.2, -0.15) is 0 Å². The van der Waals surface area contributed by atoms with E-state index in [1.807, 2.05) is 30.3 Å². The summed E-state index contributed by atoms with van der Waals surface area (Å²) in [6.45, 7) is 5.69. The molecule has 0 bridgehead atoms. The molecule has 0 saturated carbocycles. The van der Waals surface area contributed by atoms with Gasteiger partial charge in [0.2, 0.25) is 5.91 Å². The lowest BCUT2D eigenvalue weighted by molar-refractivity contribution is -0.117. The molecule has 2 rings (SSSR count). The van der Waals surface area contributed by atoms with Gasteiger partial charge in [-0.25, -0.2) is 4.98 Å². The van der Waals surface area contributed by atoms with Crippen molar-refractivity contribution in [2.24, 2.45) is 0 Å². The van der Waals surface area contributed by atoms with Crippen LogP contribution in [-0.4, -0.2) is 15.9 Å². The molecular weight excluding hydrogens is 226 g/mol. The summed E-state index contributed by atoms with van der Waals surface area (Å²) in [4.78, 5) is 18.8. The first-order chi connectivity index (χ1) is 8.68. The number of carbonyl (C=O) groups is 1. The average Bonchev–Trinajstić information content (AvgIpc) is 2.85. The predicted octanol–water partition coefficient (Wildman–Crippen LogP) is 2.27. The summed E-state index contributed by atoms with van der Waals surface area (Å²) in [5.74, 6) is -0.149. The second-order valence-electron chi connectivity index (χ2n) is 4.06. The van der Waals surface area contributed by atoms with Crippen molar-refractivity contribution in [3.05, 3.63) is 54.5 Å². The smallest absolute Gasteiger partial charge is 0.246 e. The zero-order chi connectivity index (χ0) is 13.0. The van der Waals surface area contributed by atoms with Gasteiger partial charge in [-0.05, 0) is 6.92 Å². The van der Waals surface area contributed by atoms with Crippen LogP contribution in [0.5, 0.6) is 0 Å². The van der Waals surface area contributed by atoms with Crippen molar-refractivity contribution in [2.45, 2.75) is 13.5 Å². The highest BCUT2D eigenvalue weighted by Gasteiger charge is 2.09. The number of aromatic amines is 1. The second kappa shape index (κ2) is 5.31. The fourth-order valence-electron chi connectivity index (χ4n) is 1.62. The number of rotatable bonds is 4. The molecule has 0 radical (unpaired) electrons. The number of hydrogen-bond donors (Lipinski definition) is 2. The fraction of sp³-hybridized carbons (Fsp3) is 0.143. The van der Waals surface area contributed by atoms with Gasteiger partial charge in [0.1, 0.15) is 0 Å². The van der Waals surface area contributed by atoms with Crippen molar-refractivity contribution in [3.8, 4) is 11.3 Å². The van der Waals surface area contributed by atoms with E-state index in [2.05, 4.69) is 21.9 Å². The van der Waals surface area contributed by atoms with E-state index in [0.29, 0.717) is 12.1 Å². The normalized spacial score (nSPS) is 10.1. The Labute approximate surface area is 106 Å². The average molecular weight is 241 g/mol. The molecule has 0 aliphatic carbocycles. The van der Waals surface area contributed by atoms with Gasteiger partial charge in [0.25, 0.3) is 0 Å². The summed E-state index contributed by atoms with van der Waals surface area (Å²) < 4.78 is 0. The zero-order valence-electron chi connectivity index (χ0n) is 10.2. The van der Waals surface area contributed by atoms with E-state index in [1.165, 1.54) is 0 Å². The molecule has 4 heteroatoms. The molecule has 92 valence electrons. The highest BCUT2D eigenvalue weighted by atomic mass is 16.1. The predicted molar refractivity (Wildman–Crippen MR) is 70.7 cm³/mol. The molecule has 2 N–H and O–H groups in total. The molecule has 0 fully saturated rings. The molecule has 1 heterocycles. The zero-order valence-corrected chi connectivity index (χ0v) is 10.2. The van der Waals surface area contributed by atoms with Crippen molar-refractivity contribution in [3.63, 3.8) is 0 Å². The number of amides is 1. The lowest BCUT2D eigenvalue weighted by Crippen LogP contribution is -2.23. The van der Waals surface area contributed by atoms with Gasteiger partial charge >= 0.3 is 0 Å². The Morgan fingerprint density at radius 1 is 1.39 bits per heavy atom. The van der Waals surface area contributed by atoms with Crippen LogP contribution in [0.3, 0.4) is 0 Å². The van der Waals surface area contributed by atoms with Crippen LogP contribution in [0.1, 0.15) is 12.6 Å². The van der Waals surface area contributed by atoms with Gasteiger partial charge in [-0.15, -0.1) is 0 Å². The van der Waals surface area contributed by atoms with Gasteiger partial charge in [0.05, 0.1) is 24.3 Å². The summed E-state index contributed by atoms with van der Waals surface area (Å²) in [5.41, 5.74) is 3.27. The number of carbonyl (C=O) groups excluding carboxylic acids is 1. The van der Waals surface area contributed by atoms with E-state index < -0.39 is 0 Å². The number of nitrogens with one attached hydrogen (secondary N) is 2. The largest absolute Gasteiger partial charge is 0.347 e. The standard InChI is InChI=1S/C14H15N3O/c1-10(2)14(18)15-8-12-13(17-9-16-12)11-6-4-3-5-7-11/h3-7,9H,1,8H2,2H3,(H,15,18)(H,16,17). The molecule has 0 aliphatic rings. The van der Waals surface area contributed by atoms with Gasteiger partial charge in [0, 0.05) is 11.1 Å². The van der Waals surface area contributed by atoms with E-state index in [-0.39, 0.29) is 5.91 Å². The second-order valence-corrected chi connectivity index (χ2v) is 4.06. The minimum atomic E-state index is -0.149. The summed E-state index contributed by atoms with van der Waals surface area (Å²) in [7, 11) is 0. The molecule has 18 heavy (non-hydrogen) atoms. The van der Waals surface area contributed by atoms with Gasteiger partial charge < -0.3 is 10.3 Å². The number of nitrogens with zero attached hydrogens (tertiary/aromatic N) is 1. The molecule has 2 aromatic rings. The topological polar surface area (TPSA) is 57.8 Å². The Morgan fingerprint density at radius 2 is 2.11 bits per heavy atom. The van der Waals surface area contributed by atoms with Crippen molar-refractivity contribution >= 4 is 5.91 Å². The van der Waals surface area contributed by atoms with Gasteiger partial charge in [-0.1, -0.05) is 36.9 Å². The van der Waals surface area contributed by atoms with Crippen molar-refractivity contribution in [1.82, 2.24) is 15.3 Å². The monoisotopic (exact) mass is 241 g/mol. The van der Waals surface area contributed by atoms with Crippen LogP contribution in [0.25, 0.3) is 11.3 Å². The third-order valence-electron chi connectivity index (χ3n) is 2.58. The molecule has 1 aromatic heterocycles. The lowest BCUT2D eigenvalue weighted by atomic mass is 10.1. The lowest BCUT2D eigenvalue weighted by Gasteiger charge is -2.05. The summed E-state index contributed by atoms with van der Waals surface area (Å²) in [6.07, 6.45) is 1.63. The molecule has 0 atom stereocenters. The Kier molecular flexibility index (Phi) is 3.57. The fourth-order valence-corrected chi connectivity index (χ4v) is 1.62. The molecule has 1 aromatic carbocycles. The van der Waals surface area contributed by atoms with E-state index in [0.717, 1.165) is 17.0 Å². The van der Waals surface area contributed by atoms with E-state index >= 15 is 0 Å². The first-order valence-electron chi connectivity index (χ1n) is 5.70. The highest BCUT2D eigenvalue weighted by Crippen LogP contribution is 2.19. The van der Waals surface area contributed by atoms with Crippen LogP contribution in [0.2, 0.25) is 0 Å². The number of H-pyrrole nitrogens is 1. The number of aromatic nitrogens is 2. The molecule has 4 nitrogen and oxygen atoms in total. The maximum atomic E-state index is 11.4. The van der Waals surface area contributed by atoms with Gasteiger partial charge in [-0.3, -0.25) is 4.79 Å². The first kappa shape index (κ1) is 12.1. The van der Waals surface area contributed by atoms with E-state index in [4.69, 9.17) is 0 Å². The SMILES string of the molecule is C=C(C)C(=O)NCc1[nH]cnc1-c1ccccc1. The van der Waals surface area contributed by atoms with Crippen molar-refractivity contribution in [1.29, 1.82) is 0 Å². The number of imidazole rings is 1. The Bertz CT molecular complexity index is 557. The highest BCUT2D eigenvalue weighted by molar-refractivity contribution is 5.92. The minimum absolute atomic E-state index is 0.149. The maximum absolute atomic E-state index is 11.4. The van der Waals surface area contributed by atoms with Crippen LogP contribution in [0, 0.1) is 0 Å². The maximum Gasteiger partial charge on any atom is 0.246 e. The summed E-state index contributed by atoms with van der Waals surface area (Å²) >= 11 is 0. The Balaban J connectivity index is 2.14. The molecular formula is C14H15N3O. The Morgan fingerprint density at radius 3 is 2.78 bits per heavy atom. The molecule has 0 spiro atoms. The van der Waals surface area contributed by atoms with Crippen LogP contribution in [-0.2, 0) is 11.3 Å². The number of hydrogen-bond acceptors (Lipinski definition) is 2. The summed E-state index contributed by atoms with van der Waals surface area (Å²) in [6, 6.07) is 9.85. The van der Waals surface area contributed by atoms with Gasteiger partial charge in [0.15, 0.2) is 0 Å². The number of benzene rings is 1. The van der Waals surface area contributed by atoms with Crippen LogP contribution >= 0.6 is 0 Å². The third kappa shape index (κ3) is 2.66. The first-order valence-corrected chi connectivity index (χ1v) is 5.70. The minimum Gasteiger partial charge on any atom is -0.347 e. The molecule has 1 amide bonds. The quantitative estimate of drug-likeness (QED) is 0.807. The van der Waals surface area contributed by atoms with Crippen molar-refractivity contribution < 1.29 is 4.79 Å². The third-order valence-corrected chi connectivity index (χ3v) is 2.58. The van der Waals surface area contributed by atoms with Crippen LogP contribution < -0.4 is 5.32 Å². The summed E-state index contributed by atoms with van der Waals surface area (Å²) in [5, 5.41) is 2.78. The van der Waals surface area contributed by atoms with Crippen molar-refractivity contribution in [2.75, 3.05) is 0 Å². The van der Waals surface area contributed by atoms with Crippen LogP contribution in [0.15, 0.2) is 48.8 Å². The van der Waals surface area contributed by atoms with E-state index in [9.17, 15) is 4.79 Å². The van der Waals surface area contributed by atoms with Crippen LogP contribution in [0.4, 0.5) is 0 Å².